The van der Waals surface area contributed by atoms with E-state index >= 15 is 0 Å². The van der Waals surface area contributed by atoms with Crippen LogP contribution in [0, 0.1) is 0 Å². The second-order valence-electron chi connectivity index (χ2n) is 6.36. The summed E-state index contributed by atoms with van der Waals surface area (Å²) < 4.78 is 5.58. The summed E-state index contributed by atoms with van der Waals surface area (Å²) in [6.07, 6.45) is 0. The number of hydrogen-bond donors (Lipinski definition) is 2. The molecule has 0 atom stereocenters. The monoisotopic (exact) mass is 389 g/mol. The lowest BCUT2D eigenvalue weighted by molar-refractivity contribution is 0.0943. The molecule has 0 unspecified atom stereocenters. The number of urea groups is 1. The highest BCUT2D eigenvalue weighted by Gasteiger charge is 2.10. The SMILES string of the molecule is CC(C)NC(=O)c1ccc(NC(=O)N(C)CCOc2ccc(Cl)cc2)cc1. The fourth-order valence-electron chi connectivity index (χ4n) is 2.20. The molecule has 0 saturated carbocycles. The third-order valence-corrected chi connectivity index (χ3v) is 3.93. The number of nitrogens with one attached hydrogen (secondary N) is 2. The van der Waals surface area contributed by atoms with Gasteiger partial charge in [0.05, 0.1) is 6.54 Å². The van der Waals surface area contributed by atoms with Crippen LogP contribution in [0.25, 0.3) is 0 Å². The average molecular weight is 390 g/mol. The molecule has 0 aliphatic carbocycles. The standard InChI is InChI=1S/C20H24ClN3O3/c1-14(2)22-19(25)15-4-8-17(9-5-15)23-20(26)24(3)12-13-27-18-10-6-16(21)7-11-18/h4-11,14H,12-13H2,1-3H3,(H,22,25)(H,23,26). The molecule has 6 nitrogen and oxygen atoms in total. The zero-order valence-electron chi connectivity index (χ0n) is 15.7. The van der Waals surface area contributed by atoms with Crippen LogP contribution in [-0.2, 0) is 0 Å². The molecule has 144 valence electrons. The van der Waals surface area contributed by atoms with Crippen molar-refractivity contribution in [2.24, 2.45) is 0 Å². The summed E-state index contributed by atoms with van der Waals surface area (Å²) in [5.41, 5.74) is 1.16. The number of hydrogen-bond acceptors (Lipinski definition) is 3. The normalized spacial score (nSPS) is 10.4. The molecule has 0 bridgehead atoms. The molecule has 27 heavy (non-hydrogen) atoms. The molecule has 0 aliphatic rings. The molecule has 0 spiro atoms. The molecule has 0 saturated heterocycles. The minimum absolute atomic E-state index is 0.0700. The summed E-state index contributed by atoms with van der Waals surface area (Å²) in [6.45, 7) is 4.58. The Kier molecular flexibility index (Phi) is 7.49. The predicted octanol–water partition coefficient (Wildman–Crippen LogP) is 4.02. The lowest BCUT2D eigenvalue weighted by Gasteiger charge is -2.18. The zero-order valence-corrected chi connectivity index (χ0v) is 16.4. The number of carbonyl (C=O) groups is 2. The van der Waals surface area contributed by atoms with Crippen LogP contribution >= 0.6 is 11.6 Å². The van der Waals surface area contributed by atoms with Gasteiger partial charge in [-0.25, -0.2) is 4.79 Å². The Hall–Kier alpha value is -2.73. The molecule has 2 aromatic carbocycles. The molecule has 3 amide bonds. The molecule has 0 aliphatic heterocycles. The van der Waals surface area contributed by atoms with Crippen LogP contribution in [0.2, 0.25) is 5.02 Å². The molecule has 0 heterocycles. The smallest absolute Gasteiger partial charge is 0.321 e. The van der Waals surface area contributed by atoms with Crippen LogP contribution < -0.4 is 15.4 Å². The Bertz CT molecular complexity index is 761. The van der Waals surface area contributed by atoms with Crippen molar-refractivity contribution >= 4 is 29.2 Å². The minimum Gasteiger partial charge on any atom is -0.492 e. The summed E-state index contributed by atoms with van der Waals surface area (Å²) in [7, 11) is 1.69. The Balaban J connectivity index is 1.79. The molecule has 7 heteroatoms. The molecular formula is C20H24ClN3O3. The highest BCUT2D eigenvalue weighted by Crippen LogP contribution is 2.15. The lowest BCUT2D eigenvalue weighted by atomic mass is 10.2. The van der Waals surface area contributed by atoms with Gasteiger partial charge in [-0.3, -0.25) is 4.79 Å². The number of carbonyl (C=O) groups excluding carboxylic acids is 2. The fourth-order valence-corrected chi connectivity index (χ4v) is 2.33. The number of rotatable bonds is 7. The van der Waals surface area contributed by atoms with Gasteiger partial charge in [-0.05, 0) is 62.4 Å². The van der Waals surface area contributed by atoms with Gasteiger partial charge >= 0.3 is 6.03 Å². The number of ether oxygens (including phenoxy) is 1. The van der Waals surface area contributed by atoms with Crippen molar-refractivity contribution in [2.45, 2.75) is 19.9 Å². The highest BCUT2D eigenvalue weighted by molar-refractivity contribution is 6.30. The number of nitrogens with zero attached hydrogens (tertiary/aromatic N) is 1. The molecule has 0 aromatic heterocycles. The Labute approximate surface area is 164 Å². The first-order chi connectivity index (χ1) is 12.8. The van der Waals surface area contributed by atoms with Gasteiger partial charge in [0, 0.05) is 29.4 Å². The first-order valence-corrected chi connectivity index (χ1v) is 9.04. The molecule has 2 aromatic rings. The van der Waals surface area contributed by atoms with Crippen molar-refractivity contribution < 1.29 is 14.3 Å². The van der Waals surface area contributed by atoms with E-state index in [2.05, 4.69) is 10.6 Å². The van der Waals surface area contributed by atoms with E-state index in [0.29, 0.717) is 35.2 Å². The van der Waals surface area contributed by atoms with Crippen molar-refractivity contribution in [3.8, 4) is 5.75 Å². The van der Waals surface area contributed by atoms with E-state index in [1.807, 2.05) is 13.8 Å². The van der Waals surface area contributed by atoms with Gasteiger partial charge in [0.25, 0.3) is 5.91 Å². The quantitative estimate of drug-likeness (QED) is 0.751. The summed E-state index contributed by atoms with van der Waals surface area (Å²) in [5.74, 6) is 0.558. The largest absolute Gasteiger partial charge is 0.492 e. The van der Waals surface area contributed by atoms with Gasteiger partial charge in [0.1, 0.15) is 12.4 Å². The lowest BCUT2D eigenvalue weighted by Crippen LogP contribution is -2.34. The van der Waals surface area contributed by atoms with Crippen LogP contribution in [0.3, 0.4) is 0 Å². The van der Waals surface area contributed by atoms with Gasteiger partial charge in [-0.1, -0.05) is 11.6 Å². The first-order valence-electron chi connectivity index (χ1n) is 8.66. The van der Waals surface area contributed by atoms with E-state index in [9.17, 15) is 9.59 Å². The van der Waals surface area contributed by atoms with Gasteiger partial charge in [-0.2, -0.15) is 0 Å². The number of benzene rings is 2. The van der Waals surface area contributed by atoms with E-state index in [1.54, 1.807) is 55.6 Å². The fraction of sp³-hybridized carbons (Fsp3) is 0.300. The maximum Gasteiger partial charge on any atom is 0.321 e. The number of halogens is 1. The second kappa shape index (κ2) is 9.83. The number of likely N-dealkylation sites (N-methyl/N-ethyl adjacent to an activating group) is 1. The summed E-state index contributed by atoms with van der Waals surface area (Å²) in [5, 5.41) is 6.25. The maximum atomic E-state index is 12.2. The Morgan fingerprint density at radius 1 is 1.07 bits per heavy atom. The van der Waals surface area contributed by atoms with Crippen LogP contribution in [0.5, 0.6) is 5.75 Å². The third kappa shape index (κ3) is 6.83. The Morgan fingerprint density at radius 2 is 1.70 bits per heavy atom. The average Bonchev–Trinajstić information content (AvgIpc) is 2.63. The van der Waals surface area contributed by atoms with Gasteiger partial charge in [-0.15, -0.1) is 0 Å². The molecule has 2 N–H and O–H groups in total. The van der Waals surface area contributed by atoms with E-state index < -0.39 is 0 Å². The zero-order chi connectivity index (χ0) is 19.8. The molecule has 0 radical (unpaired) electrons. The first kappa shape index (κ1) is 20.6. The van der Waals surface area contributed by atoms with Crippen molar-refractivity contribution in [1.82, 2.24) is 10.2 Å². The number of anilines is 1. The Morgan fingerprint density at radius 3 is 2.30 bits per heavy atom. The van der Waals surface area contributed by atoms with E-state index in [-0.39, 0.29) is 18.0 Å². The van der Waals surface area contributed by atoms with Crippen molar-refractivity contribution in [1.29, 1.82) is 0 Å². The van der Waals surface area contributed by atoms with Crippen LogP contribution in [0.15, 0.2) is 48.5 Å². The van der Waals surface area contributed by atoms with Gasteiger partial charge in [0.15, 0.2) is 0 Å². The second-order valence-corrected chi connectivity index (χ2v) is 6.80. The molecular weight excluding hydrogens is 366 g/mol. The summed E-state index contributed by atoms with van der Waals surface area (Å²) >= 11 is 5.82. The van der Waals surface area contributed by atoms with Crippen molar-refractivity contribution in [3.05, 3.63) is 59.1 Å². The third-order valence-electron chi connectivity index (χ3n) is 3.67. The van der Waals surface area contributed by atoms with Gasteiger partial charge in [0.2, 0.25) is 0 Å². The molecule has 2 rings (SSSR count). The van der Waals surface area contributed by atoms with Crippen LogP contribution in [0.1, 0.15) is 24.2 Å². The van der Waals surface area contributed by atoms with E-state index in [4.69, 9.17) is 16.3 Å². The van der Waals surface area contributed by atoms with Gasteiger partial charge < -0.3 is 20.3 Å². The predicted molar refractivity (Wildman–Crippen MR) is 108 cm³/mol. The maximum absolute atomic E-state index is 12.2. The summed E-state index contributed by atoms with van der Waals surface area (Å²) in [4.78, 5) is 25.7. The summed E-state index contributed by atoms with van der Waals surface area (Å²) in [6, 6.07) is 13.6. The van der Waals surface area contributed by atoms with Crippen molar-refractivity contribution in [2.75, 3.05) is 25.5 Å². The number of amides is 3. The minimum atomic E-state index is -0.255. The molecule has 0 fully saturated rings. The topological polar surface area (TPSA) is 70.7 Å². The highest BCUT2D eigenvalue weighted by atomic mass is 35.5. The van der Waals surface area contributed by atoms with E-state index in [1.165, 1.54) is 4.90 Å². The van der Waals surface area contributed by atoms with Crippen molar-refractivity contribution in [3.63, 3.8) is 0 Å². The van der Waals surface area contributed by atoms with Crippen LogP contribution in [0.4, 0.5) is 10.5 Å². The van der Waals surface area contributed by atoms with Crippen LogP contribution in [-0.4, -0.2) is 43.1 Å². The van der Waals surface area contributed by atoms with E-state index in [0.717, 1.165) is 0 Å².